The van der Waals surface area contributed by atoms with Crippen molar-refractivity contribution in [1.29, 1.82) is 0 Å². The van der Waals surface area contributed by atoms with Gasteiger partial charge in [-0.25, -0.2) is 0 Å². The van der Waals surface area contributed by atoms with Gasteiger partial charge in [-0.2, -0.15) is 5.10 Å². The highest BCUT2D eigenvalue weighted by atomic mass is 35.5. The number of aromatic nitrogens is 2. The first-order chi connectivity index (χ1) is 9.01. The standard InChI is InChI=1S/C14H17Cl2N3/c1-4-13-14(8-19(3)18-13)17-9(2)11-6-5-10(15)7-12(11)16/h5-9,17H,4H2,1-3H3. The maximum absolute atomic E-state index is 6.22. The molecule has 0 aliphatic carbocycles. The summed E-state index contributed by atoms with van der Waals surface area (Å²) in [5.41, 5.74) is 3.12. The summed E-state index contributed by atoms with van der Waals surface area (Å²) in [5, 5.41) is 9.19. The summed E-state index contributed by atoms with van der Waals surface area (Å²) in [4.78, 5) is 0. The monoisotopic (exact) mass is 297 g/mol. The Morgan fingerprint density at radius 2 is 2.11 bits per heavy atom. The lowest BCUT2D eigenvalue weighted by Crippen LogP contribution is -2.08. The SMILES string of the molecule is CCc1nn(C)cc1NC(C)c1ccc(Cl)cc1Cl. The van der Waals surface area contributed by atoms with Crippen LogP contribution in [0.4, 0.5) is 5.69 Å². The van der Waals surface area contributed by atoms with Gasteiger partial charge in [-0.1, -0.05) is 36.2 Å². The predicted molar refractivity (Wildman–Crippen MR) is 81.1 cm³/mol. The molecule has 5 heteroatoms. The maximum atomic E-state index is 6.22. The van der Waals surface area contributed by atoms with Crippen LogP contribution in [0.5, 0.6) is 0 Å². The van der Waals surface area contributed by atoms with Crippen molar-refractivity contribution in [1.82, 2.24) is 9.78 Å². The Balaban J connectivity index is 2.22. The third kappa shape index (κ3) is 3.23. The third-order valence-electron chi connectivity index (χ3n) is 3.04. The molecule has 2 aromatic rings. The lowest BCUT2D eigenvalue weighted by Gasteiger charge is -2.16. The van der Waals surface area contributed by atoms with Crippen LogP contribution in [0, 0.1) is 0 Å². The van der Waals surface area contributed by atoms with Gasteiger partial charge in [0.15, 0.2) is 0 Å². The summed E-state index contributed by atoms with van der Waals surface area (Å²) in [6, 6.07) is 5.66. The lowest BCUT2D eigenvalue weighted by molar-refractivity contribution is 0.746. The largest absolute Gasteiger partial charge is 0.376 e. The van der Waals surface area contributed by atoms with Gasteiger partial charge in [0, 0.05) is 23.3 Å². The lowest BCUT2D eigenvalue weighted by atomic mass is 10.1. The van der Waals surface area contributed by atoms with Crippen molar-refractivity contribution in [3.63, 3.8) is 0 Å². The number of benzene rings is 1. The van der Waals surface area contributed by atoms with E-state index in [2.05, 4.69) is 24.3 Å². The zero-order valence-electron chi connectivity index (χ0n) is 11.2. The van der Waals surface area contributed by atoms with Crippen LogP contribution < -0.4 is 5.32 Å². The van der Waals surface area contributed by atoms with Gasteiger partial charge in [-0.3, -0.25) is 4.68 Å². The highest BCUT2D eigenvalue weighted by Crippen LogP contribution is 2.29. The van der Waals surface area contributed by atoms with Crippen molar-refractivity contribution in [3.05, 3.63) is 45.7 Å². The quantitative estimate of drug-likeness (QED) is 0.903. The first-order valence-electron chi connectivity index (χ1n) is 6.25. The number of hydrogen-bond acceptors (Lipinski definition) is 2. The van der Waals surface area contributed by atoms with E-state index in [-0.39, 0.29) is 6.04 Å². The molecule has 0 aliphatic rings. The summed E-state index contributed by atoms with van der Waals surface area (Å²) in [6.45, 7) is 4.16. The van der Waals surface area contributed by atoms with Crippen LogP contribution in [-0.4, -0.2) is 9.78 Å². The second-order valence-electron chi connectivity index (χ2n) is 4.55. The Hall–Kier alpha value is -1.19. The van der Waals surface area contributed by atoms with Gasteiger partial charge in [-0.05, 0) is 31.0 Å². The molecule has 1 heterocycles. The molecule has 1 atom stereocenters. The molecule has 1 unspecified atom stereocenters. The van der Waals surface area contributed by atoms with Gasteiger partial charge in [0.25, 0.3) is 0 Å². The number of nitrogens with one attached hydrogen (secondary N) is 1. The van der Waals surface area contributed by atoms with Crippen LogP contribution in [-0.2, 0) is 13.5 Å². The maximum Gasteiger partial charge on any atom is 0.0853 e. The molecular formula is C14H17Cl2N3. The zero-order chi connectivity index (χ0) is 14.0. The number of halogens is 2. The Labute approximate surface area is 123 Å². The van der Waals surface area contributed by atoms with Crippen LogP contribution in [0.25, 0.3) is 0 Å². The molecule has 0 amide bonds. The molecule has 3 nitrogen and oxygen atoms in total. The Kier molecular flexibility index (Phi) is 4.38. The van der Waals surface area contributed by atoms with E-state index in [1.54, 1.807) is 6.07 Å². The molecule has 0 spiro atoms. The van der Waals surface area contributed by atoms with Crippen molar-refractivity contribution in [3.8, 4) is 0 Å². The number of aryl methyl sites for hydroxylation is 2. The van der Waals surface area contributed by atoms with Gasteiger partial charge >= 0.3 is 0 Å². The number of nitrogens with zero attached hydrogens (tertiary/aromatic N) is 2. The van der Waals surface area contributed by atoms with Gasteiger partial charge in [0.2, 0.25) is 0 Å². The van der Waals surface area contributed by atoms with Crippen molar-refractivity contribution < 1.29 is 0 Å². The summed E-state index contributed by atoms with van der Waals surface area (Å²) < 4.78 is 1.82. The van der Waals surface area contributed by atoms with Gasteiger partial charge in [-0.15, -0.1) is 0 Å². The van der Waals surface area contributed by atoms with E-state index in [0.717, 1.165) is 23.4 Å². The third-order valence-corrected chi connectivity index (χ3v) is 3.60. The molecule has 1 N–H and O–H groups in total. The van der Waals surface area contributed by atoms with Crippen LogP contribution >= 0.6 is 23.2 Å². The molecule has 1 aromatic heterocycles. The average molecular weight is 298 g/mol. The first kappa shape index (κ1) is 14.2. The molecular weight excluding hydrogens is 281 g/mol. The van der Waals surface area contributed by atoms with E-state index in [1.165, 1.54) is 0 Å². The fourth-order valence-electron chi connectivity index (χ4n) is 2.08. The van der Waals surface area contributed by atoms with E-state index in [0.29, 0.717) is 10.0 Å². The van der Waals surface area contributed by atoms with E-state index in [4.69, 9.17) is 23.2 Å². The molecule has 0 aliphatic heterocycles. The average Bonchev–Trinajstić information content (AvgIpc) is 2.69. The van der Waals surface area contributed by atoms with Gasteiger partial charge < -0.3 is 5.32 Å². The zero-order valence-corrected chi connectivity index (χ0v) is 12.8. The van der Waals surface area contributed by atoms with Crippen molar-refractivity contribution in [2.75, 3.05) is 5.32 Å². The number of rotatable bonds is 4. The van der Waals surface area contributed by atoms with Crippen LogP contribution in [0.1, 0.15) is 31.1 Å². The summed E-state index contributed by atoms with van der Waals surface area (Å²) >= 11 is 12.1. The second-order valence-corrected chi connectivity index (χ2v) is 5.39. The first-order valence-corrected chi connectivity index (χ1v) is 7.00. The molecule has 0 saturated heterocycles. The Morgan fingerprint density at radius 1 is 1.37 bits per heavy atom. The molecule has 0 bridgehead atoms. The van der Waals surface area contributed by atoms with E-state index < -0.39 is 0 Å². The number of anilines is 1. The van der Waals surface area contributed by atoms with Crippen molar-refractivity contribution >= 4 is 28.9 Å². The smallest absolute Gasteiger partial charge is 0.0853 e. The highest BCUT2D eigenvalue weighted by Gasteiger charge is 2.13. The molecule has 0 saturated carbocycles. The summed E-state index contributed by atoms with van der Waals surface area (Å²) in [5.74, 6) is 0. The Morgan fingerprint density at radius 3 is 2.74 bits per heavy atom. The van der Waals surface area contributed by atoms with Crippen LogP contribution in [0.15, 0.2) is 24.4 Å². The molecule has 0 fully saturated rings. The van der Waals surface area contributed by atoms with E-state index in [9.17, 15) is 0 Å². The van der Waals surface area contributed by atoms with E-state index >= 15 is 0 Å². The minimum Gasteiger partial charge on any atom is -0.376 e. The summed E-state index contributed by atoms with van der Waals surface area (Å²) in [6.07, 6.45) is 2.88. The van der Waals surface area contributed by atoms with Crippen molar-refractivity contribution in [2.45, 2.75) is 26.3 Å². The molecule has 1 aromatic carbocycles. The normalized spacial score (nSPS) is 12.5. The fraction of sp³-hybridized carbons (Fsp3) is 0.357. The number of hydrogen-bond donors (Lipinski definition) is 1. The van der Waals surface area contributed by atoms with Gasteiger partial charge in [0.05, 0.1) is 17.4 Å². The topological polar surface area (TPSA) is 29.9 Å². The van der Waals surface area contributed by atoms with Crippen molar-refractivity contribution in [2.24, 2.45) is 7.05 Å². The molecule has 0 radical (unpaired) electrons. The van der Waals surface area contributed by atoms with Crippen LogP contribution in [0.2, 0.25) is 10.0 Å². The minimum atomic E-state index is 0.0965. The van der Waals surface area contributed by atoms with Crippen LogP contribution in [0.3, 0.4) is 0 Å². The predicted octanol–water partition coefficient (Wildman–Crippen LogP) is 4.46. The van der Waals surface area contributed by atoms with E-state index in [1.807, 2.05) is 30.1 Å². The molecule has 102 valence electrons. The minimum absolute atomic E-state index is 0.0965. The fourth-order valence-corrected chi connectivity index (χ4v) is 2.65. The highest BCUT2D eigenvalue weighted by molar-refractivity contribution is 6.35. The Bertz CT molecular complexity index is 578. The molecule has 2 rings (SSSR count). The second kappa shape index (κ2) is 5.85. The molecule has 19 heavy (non-hydrogen) atoms. The summed E-state index contributed by atoms with van der Waals surface area (Å²) in [7, 11) is 1.92. The van der Waals surface area contributed by atoms with Gasteiger partial charge in [0.1, 0.15) is 0 Å².